The zero-order chi connectivity index (χ0) is 12.4. The van der Waals surface area contributed by atoms with Gasteiger partial charge in [-0.25, -0.2) is 4.98 Å². The Balaban J connectivity index is 2.29. The lowest BCUT2D eigenvalue weighted by Gasteiger charge is -2.01. The molecule has 0 radical (unpaired) electrons. The molecule has 0 spiro atoms. The van der Waals surface area contributed by atoms with Gasteiger partial charge in [-0.05, 0) is 6.92 Å². The first-order valence-corrected chi connectivity index (χ1v) is 5.97. The van der Waals surface area contributed by atoms with E-state index in [1.807, 2.05) is 31.2 Å². The van der Waals surface area contributed by atoms with Crippen LogP contribution in [0.25, 0.3) is 10.6 Å². The summed E-state index contributed by atoms with van der Waals surface area (Å²) >= 11 is 1.40. The summed E-state index contributed by atoms with van der Waals surface area (Å²) in [5.74, 6) is -1.06. The highest BCUT2D eigenvalue weighted by molar-refractivity contribution is 7.13. The predicted octanol–water partition coefficient (Wildman–Crippen LogP) is 2.20. The number of carbonyl (C=O) groups is 1. The summed E-state index contributed by atoms with van der Waals surface area (Å²) in [5.41, 5.74) is 8.05. The van der Waals surface area contributed by atoms with E-state index in [4.69, 9.17) is 10.8 Å². The quantitative estimate of drug-likeness (QED) is 0.873. The predicted molar refractivity (Wildman–Crippen MR) is 66.9 cm³/mol. The molecule has 0 saturated heterocycles. The number of carboxylic acid groups (broad SMARTS) is 1. The van der Waals surface area contributed by atoms with Crippen LogP contribution in [0.3, 0.4) is 0 Å². The molecule has 1 unspecified atom stereocenters. The van der Waals surface area contributed by atoms with Gasteiger partial charge in [0, 0.05) is 10.9 Å². The summed E-state index contributed by atoms with van der Waals surface area (Å²) in [6.07, 6.45) is 0. The van der Waals surface area contributed by atoms with E-state index in [1.54, 1.807) is 5.38 Å². The molecule has 2 rings (SSSR count). The van der Waals surface area contributed by atoms with Gasteiger partial charge in [-0.1, -0.05) is 29.8 Å². The first kappa shape index (κ1) is 11.8. The average molecular weight is 248 g/mol. The molecular formula is C12H12N2O2S. The number of hydrogen-bond acceptors (Lipinski definition) is 4. The fourth-order valence-corrected chi connectivity index (χ4v) is 2.25. The molecular weight excluding hydrogens is 236 g/mol. The van der Waals surface area contributed by atoms with Gasteiger partial charge in [0.05, 0.1) is 5.69 Å². The highest BCUT2D eigenvalue weighted by atomic mass is 32.1. The van der Waals surface area contributed by atoms with Crippen LogP contribution >= 0.6 is 11.3 Å². The largest absolute Gasteiger partial charge is 0.480 e. The fraction of sp³-hybridized carbons (Fsp3) is 0.167. The maximum absolute atomic E-state index is 10.7. The standard InChI is InChI=1S/C12H12N2O2S/c1-7-2-4-8(5-3-7)11-14-9(6-17-11)10(13)12(15)16/h2-6,10H,13H2,1H3,(H,15,16). The molecule has 17 heavy (non-hydrogen) atoms. The van der Waals surface area contributed by atoms with Gasteiger partial charge >= 0.3 is 5.97 Å². The monoisotopic (exact) mass is 248 g/mol. The summed E-state index contributed by atoms with van der Waals surface area (Å²) < 4.78 is 0. The third kappa shape index (κ3) is 2.51. The number of rotatable bonds is 3. The molecule has 1 atom stereocenters. The van der Waals surface area contributed by atoms with E-state index in [0.29, 0.717) is 5.69 Å². The molecule has 1 heterocycles. The second-order valence-corrected chi connectivity index (χ2v) is 4.62. The summed E-state index contributed by atoms with van der Waals surface area (Å²) in [5, 5.41) is 11.3. The molecule has 0 aliphatic rings. The number of carboxylic acids is 1. The number of thiazole rings is 1. The molecule has 88 valence electrons. The van der Waals surface area contributed by atoms with E-state index in [9.17, 15) is 4.79 Å². The van der Waals surface area contributed by atoms with Gasteiger partial charge in [0.2, 0.25) is 0 Å². The summed E-state index contributed by atoms with van der Waals surface area (Å²) in [6, 6.07) is 6.86. The van der Waals surface area contributed by atoms with Crippen LogP contribution < -0.4 is 5.73 Å². The van der Waals surface area contributed by atoms with E-state index in [-0.39, 0.29) is 0 Å². The van der Waals surface area contributed by atoms with Crippen LogP contribution in [0.2, 0.25) is 0 Å². The normalized spacial score (nSPS) is 12.4. The summed E-state index contributed by atoms with van der Waals surface area (Å²) in [7, 11) is 0. The lowest BCUT2D eigenvalue weighted by atomic mass is 10.1. The van der Waals surface area contributed by atoms with Gasteiger partial charge in [-0.2, -0.15) is 0 Å². The van der Waals surface area contributed by atoms with Crippen LogP contribution in [-0.2, 0) is 4.79 Å². The van der Waals surface area contributed by atoms with E-state index in [2.05, 4.69) is 4.98 Å². The topological polar surface area (TPSA) is 76.2 Å². The Kier molecular flexibility index (Phi) is 3.21. The molecule has 0 aliphatic carbocycles. The Hall–Kier alpha value is -1.72. The minimum atomic E-state index is -1.06. The maximum atomic E-state index is 10.7. The Morgan fingerprint density at radius 2 is 2.06 bits per heavy atom. The third-order valence-electron chi connectivity index (χ3n) is 2.41. The van der Waals surface area contributed by atoms with Crippen LogP contribution in [0, 0.1) is 6.92 Å². The van der Waals surface area contributed by atoms with Crippen LogP contribution in [0.4, 0.5) is 0 Å². The van der Waals surface area contributed by atoms with Crippen molar-refractivity contribution in [2.45, 2.75) is 13.0 Å². The minimum absolute atomic E-state index is 0.401. The van der Waals surface area contributed by atoms with Gasteiger partial charge in [0.25, 0.3) is 0 Å². The van der Waals surface area contributed by atoms with Gasteiger partial charge in [-0.3, -0.25) is 4.79 Å². The van der Waals surface area contributed by atoms with E-state index < -0.39 is 12.0 Å². The summed E-state index contributed by atoms with van der Waals surface area (Å²) in [4.78, 5) is 15.0. The van der Waals surface area contributed by atoms with Gasteiger partial charge in [0.15, 0.2) is 0 Å². The van der Waals surface area contributed by atoms with Crippen molar-refractivity contribution in [1.29, 1.82) is 0 Å². The molecule has 0 fully saturated rings. The van der Waals surface area contributed by atoms with Crippen molar-refractivity contribution in [1.82, 2.24) is 4.98 Å². The van der Waals surface area contributed by atoms with E-state index >= 15 is 0 Å². The molecule has 0 amide bonds. The highest BCUT2D eigenvalue weighted by Gasteiger charge is 2.17. The molecule has 0 bridgehead atoms. The molecule has 3 N–H and O–H groups in total. The van der Waals surface area contributed by atoms with Crippen LogP contribution in [-0.4, -0.2) is 16.1 Å². The molecule has 1 aromatic heterocycles. The van der Waals surface area contributed by atoms with Crippen molar-refractivity contribution < 1.29 is 9.90 Å². The lowest BCUT2D eigenvalue weighted by Crippen LogP contribution is -2.20. The number of aliphatic carboxylic acids is 1. The zero-order valence-corrected chi connectivity index (χ0v) is 10.1. The molecule has 1 aromatic carbocycles. The van der Waals surface area contributed by atoms with Crippen LogP contribution in [0.1, 0.15) is 17.3 Å². The van der Waals surface area contributed by atoms with Crippen molar-refractivity contribution >= 4 is 17.3 Å². The number of hydrogen-bond donors (Lipinski definition) is 2. The number of benzene rings is 1. The molecule has 0 saturated carbocycles. The smallest absolute Gasteiger partial charge is 0.326 e. The van der Waals surface area contributed by atoms with Gasteiger partial charge in [0.1, 0.15) is 11.0 Å². The first-order valence-electron chi connectivity index (χ1n) is 5.09. The Labute approximate surface area is 103 Å². The van der Waals surface area contributed by atoms with Crippen LogP contribution in [0.15, 0.2) is 29.6 Å². The number of aryl methyl sites for hydroxylation is 1. The minimum Gasteiger partial charge on any atom is -0.480 e. The number of aromatic nitrogens is 1. The summed E-state index contributed by atoms with van der Waals surface area (Å²) in [6.45, 7) is 2.01. The van der Waals surface area contributed by atoms with Gasteiger partial charge < -0.3 is 10.8 Å². The average Bonchev–Trinajstić information content (AvgIpc) is 2.78. The SMILES string of the molecule is Cc1ccc(-c2nc(C(N)C(=O)O)cs2)cc1. The lowest BCUT2D eigenvalue weighted by molar-refractivity contribution is -0.138. The van der Waals surface area contributed by atoms with Crippen molar-refractivity contribution in [2.75, 3.05) is 0 Å². The van der Waals surface area contributed by atoms with Crippen molar-refractivity contribution in [3.05, 3.63) is 40.9 Å². The van der Waals surface area contributed by atoms with E-state index in [1.165, 1.54) is 16.9 Å². The maximum Gasteiger partial charge on any atom is 0.326 e. The highest BCUT2D eigenvalue weighted by Crippen LogP contribution is 2.25. The molecule has 0 aliphatic heterocycles. The first-order chi connectivity index (χ1) is 8.08. The number of nitrogens with two attached hydrogens (primary N) is 1. The van der Waals surface area contributed by atoms with Crippen molar-refractivity contribution in [3.63, 3.8) is 0 Å². The second-order valence-electron chi connectivity index (χ2n) is 3.76. The Morgan fingerprint density at radius 1 is 1.41 bits per heavy atom. The molecule has 2 aromatic rings. The Bertz CT molecular complexity index is 534. The molecule has 5 heteroatoms. The second kappa shape index (κ2) is 4.65. The zero-order valence-electron chi connectivity index (χ0n) is 9.25. The third-order valence-corrected chi connectivity index (χ3v) is 3.31. The van der Waals surface area contributed by atoms with Crippen molar-refractivity contribution in [2.24, 2.45) is 5.73 Å². The molecule has 4 nitrogen and oxygen atoms in total. The van der Waals surface area contributed by atoms with Crippen molar-refractivity contribution in [3.8, 4) is 10.6 Å². The Morgan fingerprint density at radius 3 is 2.65 bits per heavy atom. The fourth-order valence-electron chi connectivity index (χ4n) is 1.38. The van der Waals surface area contributed by atoms with Crippen LogP contribution in [0.5, 0.6) is 0 Å². The van der Waals surface area contributed by atoms with E-state index in [0.717, 1.165) is 10.6 Å². The number of nitrogens with zero attached hydrogens (tertiary/aromatic N) is 1. The van der Waals surface area contributed by atoms with Gasteiger partial charge in [-0.15, -0.1) is 11.3 Å².